The van der Waals surface area contributed by atoms with E-state index >= 15 is 0 Å². The molecule has 6 heteroatoms. The van der Waals surface area contributed by atoms with E-state index in [2.05, 4.69) is 9.97 Å². The summed E-state index contributed by atoms with van der Waals surface area (Å²) in [4.78, 5) is 20.7. The van der Waals surface area contributed by atoms with E-state index in [9.17, 15) is 4.79 Å². The fourth-order valence-corrected chi connectivity index (χ4v) is 2.38. The number of aromatic nitrogens is 4. The largest absolute Gasteiger partial charge is 0.307 e. The van der Waals surface area contributed by atoms with Crippen molar-refractivity contribution >= 4 is 17.2 Å². The first-order valence-corrected chi connectivity index (χ1v) is 6.74. The standard InChI is InChI=1S/C14H13ClN4O/c1-2-12-17-11(15)7-14(20)19(12)9-10-8-18-6-4-3-5-13(18)16-10/h3-8H,2,9H2,1H3. The van der Waals surface area contributed by atoms with Gasteiger partial charge >= 0.3 is 0 Å². The third-order valence-electron chi connectivity index (χ3n) is 3.11. The van der Waals surface area contributed by atoms with Crippen LogP contribution in [0.5, 0.6) is 0 Å². The van der Waals surface area contributed by atoms with E-state index < -0.39 is 0 Å². The Morgan fingerprint density at radius 3 is 2.90 bits per heavy atom. The lowest BCUT2D eigenvalue weighted by Crippen LogP contribution is -2.24. The normalized spacial score (nSPS) is 11.1. The van der Waals surface area contributed by atoms with E-state index in [0.29, 0.717) is 18.8 Å². The summed E-state index contributed by atoms with van der Waals surface area (Å²) in [7, 11) is 0. The minimum absolute atomic E-state index is 0.154. The molecular weight excluding hydrogens is 276 g/mol. The second-order valence-electron chi connectivity index (χ2n) is 4.47. The molecule has 20 heavy (non-hydrogen) atoms. The van der Waals surface area contributed by atoms with Crippen molar-refractivity contribution in [3.05, 3.63) is 63.7 Å². The molecule has 102 valence electrons. The lowest BCUT2D eigenvalue weighted by atomic mass is 10.4. The molecule has 0 saturated carbocycles. The third kappa shape index (κ3) is 2.32. The zero-order chi connectivity index (χ0) is 14.1. The van der Waals surface area contributed by atoms with Gasteiger partial charge < -0.3 is 4.40 Å². The molecule has 3 aromatic heterocycles. The fourth-order valence-electron chi connectivity index (χ4n) is 2.19. The maximum atomic E-state index is 12.0. The van der Waals surface area contributed by atoms with Gasteiger partial charge in [0.15, 0.2) is 0 Å². The van der Waals surface area contributed by atoms with Gasteiger partial charge in [-0.3, -0.25) is 9.36 Å². The van der Waals surface area contributed by atoms with Gasteiger partial charge in [-0.1, -0.05) is 24.6 Å². The number of imidazole rings is 1. The predicted molar refractivity (Wildman–Crippen MR) is 77.2 cm³/mol. The first-order valence-electron chi connectivity index (χ1n) is 6.36. The first kappa shape index (κ1) is 12.9. The maximum absolute atomic E-state index is 12.0. The van der Waals surface area contributed by atoms with E-state index in [1.807, 2.05) is 41.9 Å². The van der Waals surface area contributed by atoms with Crippen LogP contribution in [0.3, 0.4) is 0 Å². The lowest BCUT2D eigenvalue weighted by molar-refractivity contribution is 0.666. The molecule has 0 aliphatic heterocycles. The predicted octanol–water partition coefficient (Wildman–Crippen LogP) is 2.16. The summed E-state index contributed by atoms with van der Waals surface area (Å²) >= 11 is 5.82. The monoisotopic (exact) mass is 288 g/mol. The Hall–Kier alpha value is -2.14. The molecule has 0 N–H and O–H groups in total. The van der Waals surface area contributed by atoms with Gasteiger partial charge in [-0.15, -0.1) is 0 Å². The van der Waals surface area contributed by atoms with E-state index in [1.165, 1.54) is 6.07 Å². The van der Waals surface area contributed by atoms with Gasteiger partial charge in [0.05, 0.1) is 12.2 Å². The molecule has 5 nitrogen and oxygen atoms in total. The van der Waals surface area contributed by atoms with E-state index in [0.717, 1.165) is 11.3 Å². The van der Waals surface area contributed by atoms with Gasteiger partial charge in [-0.2, -0.15) is 0 Å². The van der Waals surface area contributed by atoms with Crippen LogP contribution in [0.4, 0.5) is 0 Å². The number of rotatable bonds is 3. The Morgan fingerprint density at radius 2 is 2.15 bits per heavy atom. The highest BCUT2D eigenvalue weighted by atomic mass is 35.5. The number of fused-ring (bicyclic) bond motifs is 1. The molecule has 0 aromatic carbocycles. The van der Waals surface area contributed by atoms with E-state index in [4.69, 9.17) is 11.6 Å². The molecule has 0 radical (unpaired) electrons. The fraction of sp³-hybridized carbons (Fsp3) is 0.214. The summed E-state index contributed by atoms with van der Waals surface area (Å²) in [5, 5.41) is 0.234. The molecule has 0 spiro atoms. The number of hydrogen-bond acceptors (Lipinski definition) is 3. The van der Waals surface area contributed by atoms with Crippen LogP contribution in [0, 0.1) is 0 Å². The summed E-state index contributed by atoms with van der Waals surface area (Å²) < 4.78 is 3.53. The molecule has 3 rings (SSSR count). The Labute approximate surface area is 120 Å². The van der Waals surface area contributed by atoms with Crippen LogP contribution < -0.4 is 5.56 Å². The summed E-state index contributed by atoms with van der Waals surface area (Å²) in [6.45, 7) is 2.34. The zero-order valence-corrected chi connectivity index (χ0v) is 11.7. The molecule has 0 bridgehead atoms. The van der Waals surface area contributed by atoms with Crippen molar-refractivity contribution in [3.63, 3.8) is 0 Å². The summed E-state index contributed by atoms with van der Waals surface area (Å²) in [6, 6.07) is 7.12. The highest BCUT2D eigenvalue weighted by Crippen LogP contribution is 2.08. The maximum Gasteiger partial charge on any atom is 0.255 e. The van der Waals surface area contributed by atoms with Crippen molar-refractivity contribution in [2.45, 2.75) is 19.9 Å². The van der Waals surface area contributed by atoms with Crippen molar-refractivity contribution in [3.8, 4) is 0 Å². The third-order valence-corrected chi connectivity index (χ3v) is 3.30. The summed E-state index contributed by atoms with van der Waals surface area (Å²) in [6.07, 6.45) is 4.48. The summed E-state index contributed by atoms with van der Waals surface area (Å²) in [5.74, 6) is 0.666. The minimum atomic E-state index is -0.154. The molecule has 0 amide bonds. The van der Waals surface area contributed by atoms with Crippen LogP contribution in [-0.4, -0.2) is 18.9 Å². The highest BCUT2D eigenvalue weighted by molar-refractivity contribution is 6.29. The Bertz CT molecular complexity index is 788. The van der Waals surface area contributed by atoms with Crippen molar-refractivity contribution in [1.82, 2.24) is 18.9 Å². The van der Waals surface area contributed by atoms with Crippen LogP contribution in [0.15, 0.2) is 41.5 Å². The lowest BCUT2D eigenvalue weighted by Gasteiger charge is -2.08. The molecule has 0 unspecified atom stereocenters. The molecule has 0 aliphatic rings. The zero-order valence-electron chi connectivity index (χ0n) is 11.0. The highest BCUT2D eigenvalue weighted by Gasteiger charge is 2.09. The van der Waals surface area contributed by atoms with Gasteiger partial charge in [-0.25, -0.2) is 9.97 Å². The van der Waals surface area contributed by atoms with Gasteiger partial charge in [0.1, 0.15) is 16.6 Å². The second kappa shape index (κ2) is 5.09. The van der Waals surface area contributed by atoms with Gasteiger partial charge in [0.25, 0.3) is 5.56 Å². The topological polar surface area (TPSA) is 52.2 Å². The average molecular weight is 289 g/mol. The molecule has 0 saturated heterocycles. The average Bonchev–Trinajstić information content (AvgIpc) is 2.83. The van der Waals surface area contributed by atoms with Crippen LogP contribution in [0.1, 0.15) is 18.4 Å². The smallest absolute Gasteiger partial charge is 0.255 e. The number of nitrogens with zero attached hydrogens (tertiary/aromatic N) is 4. The molecule has 0 fully saturated rings. The summed E-state index contributed by atoms with van der Waals surface area (Å²) in [5.41, 5.74) is 1.52. The number of hydrogen-bond donors (Lipinski definition) is 0. The van der Waals surface area contributed by atoms with Crippen LogP contribution >= 0.6 is 11.6 Å². The van der Waals surface area contributed by atoms with Crippen molar-refractivity contribution in [1.29, 1.82) is 0 Å². The van der Waals surface area contributed by atoms with Crippen molar-refractivity contribution in [2.24, 2.45) is 0 Å². The molecule has 0 atom stereocenters. The van der Waals surface area contributed by atoms with E-state index in [-0.39, 0.29) is 10.7 Å². The second-order valence-corrected chi connectivity index (χ2v) is 4.86. The number of aryl methyl sites for hydroxylation is 1. The molecular formula is C14H13ClN4O. The Morgan fingerprint density at radius 1 is 1.30 bits per heavy atom. The Balaban J connectivity index is 2.04. The molecule has 0 aliphatic carbocycles. The van der Waals surface area contributed by atoms with Crippen LogP contribution in [0.25, 0.3) is 5.65 Å². The van der Waals surface area contributed by atoms with Crippen molar-refractivity contribution in [2.75, 3.05) is 0 Å². The van der Waals surface area contributed by atoms with Gasteiger partial charge in [0.2, 0.25) is 0 Å². The number of halogens is 1. The van der Waals surface area contributed by atoms with Gasteiger partial charge in [-0.05, 0) is 12.1 Å². The number of pyridine rings is 1. The SMILES string of the molecule is CCc1nc(Cl)cc(=O)n1Cc1cn2ccccc2n1. The molecule has 3 heterocycles. The van der Waals surface area contributed by atoms with Gasteiger partial charge in [0, 0.05) is 24.9 Å². The molecule has 3 aromatic rings. The minimum Gasteiger partial charge on any atom is -0.307 e. The quantitative estimate of drug-likeness (QED) is 0.694. The van der Waals surface area contributed by atoms with E-state index in [1.54, 1.807) is 4.57 Å². The Kier molecular flexibility index (Phi) is 3.28. The first-order chi connectivity index (χ1) is 9.67. The van der Waals surface area contributed by atoms with Crippen LogP contribution in [0.2, 0.25) is 5.15 Å². The van der Waals surface area contributed by atoms with Crippen LogP contribution in [-0.2, 0) is 13.0 Å². The van der Waals surface area contributed by atoms with Crippen molar-refractivity contribution < 1.29 is 0 Å².